The first-order chi connectivity index (χ1) is 26.0. The van der Waals surface area contributed by atoms with Crippen LogP contribution in [0.1, 0.15) is 77.7 Å². The van der Waals surface area contributed by atoms with Crippen molar-refractivity contribution in [3.8, 4) is 11.1 Å². The van der Waals surface area contributed by atoms with Crippen LogP contribution in [-0.2, 0) is 22.6 Å². The minimum Gasteiger partial charge on any atom is -0.392 e. The summed E-state index contributed by atoms with van der Waals surface area (Å²) in [5.74, 6) is -0.127. The van der Waals surface area contributed by atoms with Crippen LogP contribution in [0.4, 0.5) is 0 Å². The molecule has 1 aromatic heterocycles. The van der Waals surface area contributed by atoms with Crippen molar-refractivity contribution in [1.82, 2.24) is 25.1 Å². The molecule has 53 heavy (non-hydrogen) atoms. The van der Waals surface area contributed by atoms with E-state index in [2.05, 4.69) is 80.5 Å². The van der Waals surface area contributed by atoms with Crippen LogP contribution in [0.25, 0.3) is 22.2 Å². The summed E-state index contributed by atoms with van der Waals surface area (Å²) in [6.45, 7) is 8.20. The average molecular weight is 712 g/mol. The van der Waals surface area contributed by atoms with Crippen LogP contribution in [0, 0.1) is 5.92 Å². The number of aromatic nitrogens is 2. The molecule has 2 N–H and O–H groups in total. The van der Waals surface area contributed by atoms with E-state index in [9.17, 15) is 9.90 Å². The second-order valence-corrected chi connectivity index (χ2v) is 14.9. The lowest BCUT2D eigenvalue weighted by atomic mass is 9.89. The van der Waals surface area contributed by atoms with E-state index in [1.165, 1.54) is 45.0 Å². The Morgan fingerprint density at radius 3 is 2.40 bits per heavy atom. The lowest BCUT2D eigenvalue weighted by molar-refractivity contribution is -0.276. The van der Waals surface area contributed by atoms with Gasteiger partial charge in [0.2, 0.25) is 0 Å². The highest BCUT2D eigenvalue weighted by atomic mass is 16.7. The van der Waals surface area contributed by atoms with Gasteiger partial charge in [0.25, 0.3) is 5.91 Å². The second kappa shape index (κ2) is 16.2. The Labute approximate surface area is 312 Å². The van der Waals surface area contributed by atoms with E-state index >= 15 is 0 Å². The number of hydrogen-bond donors (Lipinski definition) is 2. The third kappa shape index (κ3) is 8.20. The Morgan fingerprint density at radius 1 is 0.811 bits per heavy atom. The summed E-state index contributed by atoms with van der Waals surface area (Å²) in [5.41, 5.74) is 7.78. The number of rotatable bonds is 11. The number of amides is 1. The van der Waals surface area contributed by atoms with Gasteiger partial charge in [-0.05, 0) is 97.4 Å². The summed E-state index contributed by atoms with van der Waals surface area (Å²) in [4.78, 5) is 27.2. The van der Waals surface area contributed by atoms with Gasteiger partial charge in [0, 0.05) is 37.2 Å². The Morgan fingerprint density at radius 2 is 1.58 bits per heavy atom. The number of hydrogen-bond acceptors (Lipinski definition) is 8. The lowest BCUT2D eigenvalue weighted by Crippen LogP contribution is -2.48. The van der Waals surface area contributed by atoms with Crippen LogP contribution in [0.3, 0.4) is 0 Å². The fourth-order valence-electron chi connectivity index (χ4n) is 8.23. The molecule has 0 aliphatic carbocycles. The Balaban J connectivity index is 0.999. The van der Waals surface area contributed by atoms with Gasteiger partial charge in [-0.2, -0.15) is 0 Å². The molecule has 3 aliphatic heterocycles. The number of ether oxygens (including phenoxy) is 2. The SMILES string of the molecule is C[C@@H]1[C@H](CN2CCC[C@H]2CN2CCCC2)O[C@H](c2cccc(-c3cccc(CNC(=O)c4cnc5ccccc5n4)c3)c2)O[C@@H]1c1ccc(CO)cc1. The van der Waals surface area contributed by atoms with Crippen molar-refractivity contribution >= 4 is 16.9 Å². The van der Waals surface area contributed by atoms with E-state index in [0.29, 0.717) is 23.8 Å². The molecule has 0 radical (unpaired) electrons. The van der Waals surface area contributed by atoms with E-state index in [-0.39, 0.29) is 30.6 Å². The normalized spacial score (nSPS) is 23.8. The van der Waals surface area contributed by atoms with Crippen molar-refractivity contribution in [3.63, 3.8) is 0 Å². The predicted octanol–water partition coefficient (Wildman–Crippen LogP) is 7.07. The number of carbonyl (C=O) groups is 1. The number of fused-ring (bicyclic) bond motifs is 1. The van der Waals surface area contributed by atoms with Crippen LogP contribution < -0.4 is 5.32 Å². The van der Waals surface area contributed by atoms with E-state index in [0.717, 1.165) is 58.5 Å². The zero-order valence-electron chi connectivity index (χ0n) is 30.4. The Bertz CT molecular complexity index is 2020. The Hall–Kier alpha value is -4.51. The van der Waals surface area contributed by atoms with E-state index in [1.807, 2.05) is 48.5 Å². The van der Waals surface area contributed by atoms with Gasteiger partial charge < -0.3 is 24.8 Å². The zero-order valence-corrected chi connectivity index (χ0v) is 30.4. The van der Waals surface area contributed by atoms with Gasteiger partial charge in [-0.1, -0.05) is 79.7 Å². The summed E-state index contributed by atoms with van der Waals surface area (Å²) in [6, 6.07) is 32.9. The highest BCUT2D eigenvalue weighted by Gasteiger charge is 2.41. The molecule has 0 saturated carbocycles. The maximum Gasteiger partial charge on any atom is 0.271 e. The number of benzene rings is 4. The number of likely N-dealkylation sites (tertiary alicyclic amines) is 2. The smallest absolute Gasteiger partial charge is 0.271 e. The molecular weight excluding hydrogens is 663 g/mol. The van der Waals surface area contributed by atoms with E-state index in [1.54, 1.807) is 0 Å². The van der Waals surface area contributed by atoms with Gasteiger partial charge in [-0.3, -0.25) is 14.7 Å². The zero-order chi connectivity index (χ0) is 36.1. The standard InChI is InChI=1S/C44H49N5O4/c1-30-41(28-49-22-8-13-37(49)27-48-20-4-5-21-48)52-44(53-42(30)33-18-16-31(29-50)17-19-33)36-12-7-11-35(24-36)34-10-6-9-32(23-34)25-46-43(51)40-26-45-38-14-2-3-15-39(38)47-40/h2-3,6-7,9-12,14-19,23-24,26,30,37,41-42,44,50H,4-5,8,13,20-22,25,27-29H2,1H3,(H,46,51)/t30-,37+,41+,42+,44+/m1/s1. The molecule has 9 heteroatoms. The van der Waals surface area contributed by atoms with Crippen LogP contribution in [0.15, 0.2) is 103 Å². The van der Waals surface area contributed by atoms with Gasteiger partial charge in [-0.25, -0.2) is 4.98 Å². The first-order valence-corrected chi connectivity index (χ1v) is 19.2. The summed E-state index contributed by atoms with van der Waals surface area (Å²) in [6.07, 6.45) is 5.91. The largest absolute Gasteiger partial charge is 0.392 e. The third-order valence-corrected chi connectivity index (χ3v) is 11.3. The molecule has 1 amide bonds. The Kier molecular flexibility index (Phi) is 10.9. The van der Waals surface area contributed by atoms with Gasteiger partial charge in [-0.15, -0.1) is 0 Å². The molecule has 3 saturated heterocycles. The lowest BCUT2D eigenvalue weighted by Gasteiger charge is -2.43. The van der Waals surface area contributed by atoms with E-state index in [4.69, 9.17) is 9.47 Å². The van der Waals surface area contributed by atoms with Crippen molar-refractivity contribution in [3.05, 3.63) is 131 Å². The van der Waals surface area contributed by atoms with Crippen molar-refractivity contribution in [2.75, 3.05) is 32.7 Å². The van der Waals surface area contributed by atoms with Crippen molar-refractivity contribution < 1.29 is 19.4 Å². The average Bonchev–Trinajstić information content (AvgIpc) is 3.90. The minimum atomic E-state index is -0.538. The van der Waals surface area contributed by atoms with Gasteiger partial charge >= 0.3 is 0 Å². The van der Waals surface area contributed by atoms with Crippen molar-refractivity contribution in [1.29, 1.82) is 0 Å². The quantitative estimate of drug-likeness (QED) is 0.150. The molecule has 4 heterocycles. The molecule has 0 spiro atoms. The molecular formula is C44H49N5O4. The van der Waals surface area contributed by atoms with Gasteiger partial charge in [0.1, 0.15) is 5.69 Å². The molecule has 4 aromatic carbocycles. The topological polar surface area (TPSA) is 100 Å². The summed E-state index contributed by atoms with van der Waals surface area (Å²) < 4.78 is 13.8. The van der Waals surface area contributed by atoms with Gasteiger partial charge in [0.15, 0.2) is 6.29 Å². The van der Waals surface area contributed by atoms with Crippen LogP contribution >= 0.6 is 0 Å². The molecule has 0 bridgehead atoms. The maximum atomic E-state index is 13.0. The van der Waals surface area contributed by atoms with Crippen LogP contribution in [-0.4, -0.2) is 75.7 Å². The molecule has 0 unspecified atom stereocenters. The summed E-state index contributed by atoms with van der Waals surface area (Å²) in [7, 11) is 0. The summed E-state index contributed by atoms with van der Waals surface area (Å²) in [5, 5.41) is 12.7. The van der Waals surface area contributed by atoms with Crippen molar-refractivity contribution in [2.45, 2.75) is 70.3 Å². The molecule has 3 fully saturated rings. The van der Waals surface area contributed by atoms with Crippen LogP contribution in [0.2, 0.25) is 0 Å². The molecule has 5 aromatic rings. The number of para-hydroxylation sites is 2. The highest BCUT2D eigenvalue weighted by molar-refractivity contribution is 5.93. The molecule has 8 rings (SSSR count). The first-order valence-electron chi connectivity index (χ1n) is 19.2. The fraction of sp³-hybridized carbons (Fsp3) is 0.386. The third-order valence-electron chi connectivity index (χ3n) is 11.3. The predicted molar refractivity (Wildman–Crippen MR) is 206 cm³/mol. The van der Waals surface area contributed by atoms with Crippen LogP contribution in [0.5, 0.6) is 0 Å². The molecule has 9 nitrogen and oxygen atoms in total. The monoisotopic (exact) mass is 711 g/mol. The first kappa shape index (κ1) is 35.5. The molecule has 3 aliphatic rings. The second-order valence-electron chi connectivity index (χ2n) is 14.9. The number of aliphatic hydroxyl groups excluding tert-OH is 1. The number of aliphatic hydroxyl groups is 1. The molecule has 274 valence electrons. The van der Waals surface area contributed by atoms with E-state index < -0.39 is 6.29 Å². The highest BCUT2D eigenvalue weighted by Crippen LogP contribution is 2.43. The van der Waals surface area contributed by atoms with Crippen molar-refractivity contribution in [2.24, 2.45) is 5.92 Å². The van der Waals surface area contributed by atoms with Gasteiger partial charge in [0.05, 0.1) is 36.0 Å². The number of nitrogens with one attached hydrogen (secondary N) is 1. The fourth-order valence-corrected chi connectivity index (χ4v) is 8.23. The molecule has 5 atom stereocenters. The minimum absolute atomic E-state index is 0.0154. The number of nitrogens with zero attached hydrogens (tertiary/aromatic N) is 4. The maximum absolute atomic E-state index is 13.0. The number of carbonyl (C=O) groups excluding carboxylic acids is 1. The summed E-state index contributed by atoms with van der Waals surface area (Å²) >= 11 is 0.